The Morgan fingerprint density at radius 3 is 2.91 bits per heavy atom. The van der Waals surface area contributed by atoms with Gasteiger partial charge in [0.2, 0.25) is 4.80 Å². The molecule has 7 heteroatoms. The van der Waals surface area contributed by atoms with Crippen molar-refractivity contribution >= 4 is 44.8 Å². The summed E-state index contributed by atoms with van der Waals surface area (Å²) in [4.78, 5) is 10.7. The van der Waals surface area contributed by atoms with Crippen molar-refractivity contribution in [2.75, 3.05) is 6.54 Å². The Balaban J connectivity index is 2.06. The highest BCUT2D eigenvalue weighted by atomic mass is 79.9. The lowest BCUT2D eigenvalue weighted by molar-refractivity contribution is 0.841. The zero-order chi connectivity index (χ0) is 16.1. The van der Waals surface area contributed by atoms with Gasteiger partial charge < -0.3 is 0 Å². The van der Waals surface area contributed by atoms with Crippen molar-refractivity contribution in [3.63, 3.8) is 0 Å². The number of rotatable bonds is 5. The third kappa shape index (κ3) is 3.93. The van der Waals surface area contributed by atoms with Crippen LogP contribution < -0.4 is 4.80 Å². The zero-order valence-corrected chi connectivity index (χ0v) is 15.3. The van der Waals surface area contributed by atoms with Crippen LogP contribution >= 0.6 is 38.6 Å². The summed E-state index contributed by atoms with van der Waals surface area (Å²) < 4.78 is 2.93. The fraction of sp³-hybridized carbons (Fsp3) is 0.0625. The van der Waals surface area contributed by atoms with E-state index in [1.54, 1.807) is 41.2 Å². The second-order valence-electron chi connectivity index (χ2n) is 4.45. The molecule has 116 valence electrons. The topological polar surface area (TPSA) is 42.5 Å². The predicted octanol–water partition coefficient (Wildman–Crippen LogP) is 4.40. The van der Waals surface area contributed by atoms with Gasteiger partial charge in [0.15, 0.2) is 0 Å². The fourth-order valence-electron chi connectivity index (χ4n) is 1.85. The van der Waals surface area contributed by atoms with Gasteiger partial charge in [-0.25, -0.2) is 4.68 Å². The number of pyridine rings is 1. The van der Waals surface area contributed by atoms with Crippen LogP contribution in [-0.2, 0) is 0 Å². The summed E-state index contributed by atoms with van der Waals surface area (Å²) in [6.45, 7) is 4.28. The van der Waals surface area contributed by atoms with E-state index >= 15 is 0 Å². The van der Waals surface area contributed by atoms with Gasteiger partial charge in [-0.15, -0.1) is 29.3 Å². The monoisotopic (exact) mass is 404 g/mol. The number of thiophene rings is 1. The fourth-order valence-corrected chi connectivity index (χ4v) is 4.15. The first-order chi connectivity index (χ1) is 11.3. The average Bonchev–Trinajstić information content (AvgIpc) is 3.17. The molecule has 3 heterocycles. The van der Waals surface area contributed by atoms with Gasteiger partial charge in [0.25, 0.3) is 0 Å². The maximum atomic E-state index is 4.58. The van der Waals surface area contributed by atoms with E-state index in [0.29, 0.717) is 6.54 Å². The minimum Gasteiger partial charge on any atom is -0.255 e. The van der Waals surface area contributed by atoms with Crippen LogP contribution in [0.15, 0.2) is 68.4 Å². The molecule has 0 fully saturated rings. The van der Waals surface area contributed by atoms with Crippen LogP contribution in [0.5, 0.6) is 0 Å². The second-order valence-corrected chi connectivity index (χ2v) is 7.75. The Labute approximate surface area is 150 Å². The van der Waals surface area contributed by atoms with E-state index in [1.165, 1.54) is 0 Å². The minimum absolute atomic E-state index is 0.563. The molecular weight excluding hydrogens is 392 g/mol. The molecule has 0 spiro atoms. The first-order valence-electron chi connectivity index (χ1n) is 6.81. The minimum atomic E-state index is 0.563. The number of aromatic nitrogens is 2. The summed E-state index contributed by atoms with van der Waals surface area (Å²) >= 11 is 6.73. The molecule has 3 aromatic rings. The van der Waals surface area contributed by atoms with E-state index in [1.807, 2.05) is 28.9 Å². The number of hydrogen-bond acceptors (Lipinski definition) is 5. The average molecular weight is 405 g/mol. The summed E-state index contributed by atoms with van der Waals surface area (Å²) in [6.07, 6.45) is 5.26. The molecule has 0 atom stereocenters. The van der Waals surface area contributed by atoms with E-state index in [9.17, 15) is 0 Å². The van der Waals surface area contributed by atoms with Crippen molar-refractivity contribution < 1.29 is 0 Å². The molecule has 0 aromatic carbocycles. The molecule has 0 saturated heterocycles. The Hall–Kier alpha value is -1.83. The van der Waals surface area contributed by atoms with Crippen LogP contribution in [0.1, 0.15) is 5.69 Å². The Bertz CT molecular complexity index is 890. The SMILES string of the molecule is C=CCN=c1scc(-c2ccc(Br)s2)n1/N=C\c1ccccn1. The van der Waals surface area contributed by atoms with Gasteiger partial charge in [0.05, 0.1) is 32.8 Å². The summed E-state index contributed by atoms with van der Waals surface area (Å²) in [6, 6.07) is 9.84. The van der Waals surface area contributed by atoms with Crippen molar-refractivity contribution in [3.8, 4) is 10.6 Å². The van der Waals surface area contributed by atoms with Gasteiger partial charge in [0, 0.05) is 11.6 Å². The Kier molecular flexibility index (Phi) is 5.32. The summed E-state index contributed by atoms with van der Waals surface area (Å²) in [5.41, 5.74) is 1.82. The van der Waals surface area contributed by atoms with Crippen LogP contribution in [0, 0.1) is 0 Å². The molecule has 0 aliphatic heterocycles. The maximum absolute atomic E-state index is 4.58. The van der Waals surface area contributed by atoms with Gasteiger partial charge in [-0.3, -0.25) is 9.98 Å². The molecule has 0 N–H and O–H groups in total. The van der Waals surface area contributed by atoms with E-state index < -0.39 is 0 Å². The van der Waals surface area contributed by atoms with Crippen LogP contribution in [0.2, 0.25) is 0 Å². The number of halogens is 1. The molecule has 3 aromatic heterocycles. The number of hydrogen-bond donors (Lipinski definition) is 0. The normalized spacial score (nSPS) is 12.1. The van der Waals surface area contributed by atoms with E-state index in [2.05, 4.69) is 49.0 Å². The van der Waals surface area contributed by atoms with Gasteiger partial charge in [-0.1, -0.05) is 12.1 Å². The van der Waals surface area contributed by atoms with E-state index in [-0.39, 0.29) is 0 Å². The first-order valence-corrected chi connectivity index (χ1v) is 9.30. The zero-order valence-electron chi connectivity index (χ0n) is 12.1. The third-order valence-electron chi connectivity index (χ3n) is 2.86. The highest BCUT2D eigenvalue weighted by Gasteiger charge is 2.09. The quantitative estimate of drug-likeness (QED) is 0.458. The first kappa shape index (κ1) is 16.0. The van der Waals surface area contributed by atoms with Crippen LogP contribution in [0.25, 0.3) is 10.6 Å². The molecule has 0 aliphatic carbocycles. The maximum Gasteiger partial charge on any atom is 0.206 e. The van der Waals surface area contributed by atoms with E-state index in [4.69, 9.17) is 0 Å². The van der Waals surface area contributed by atoms with E-state index in [0.717, 1.165) is 24.9 Å². The van der Waals surface area contributed by atoms with Gasteiger partial charge >= 0.3 is 0 Å². The molecule has 0 radical (unpaired) electrons. The van der Waals surface area contributed by atoms with Crippen LogP contribution in [0.3, 0.4) is 0 Å². The molecule has 0 saturated carbocycles. The summed E-state index contributed by atoms with van der Waals surface area (Å²) in [7, 11) is 0. The van der Waals surface area contributed by atoms with Gasteiger partial charge in [-0.2, -0.15) is 5.10 Å². The molecule has 4 nitrogen and oxygen atoms in total. The molecular formula is C16H13BrN4S2. The lowest BCUT2D eigenvalue weighted by atomic mass is 10.4. The molecule has 0 unspecified atom stereocenters. The lowest BCUT2D eigenvalue weighted by Gasteiger charge is -2.00. The standard InChI is InChI=1S/C16H13BrN4S2/c1-2-8-19-16-21(20-10-12-5-3-4-9-18-12)13(11-22-16)14-6-7-15(17)23-14/h2-7,9-11H,1,8H2/b19-16?,20-10-. The molecule has 3 rings (SSSR count). The Morgan fingerprint density at radius 1 is 1.30 bits per heavy atom. The Morgan fingerprint density at radius 2 is 2.22 bits per heavy atom. The smallest absolute Gasteiger partial charge is 0.206 e. The highest BCUT2D eigenvalue weighted by molar-refractivity contribution is 9.11. The third-order valence-corrected chi connectivity index (χ3v) is 5.36. The van der Waals surface area contributed by atoms with Crippen molar-refractivity contribution in [1.29, 1.82) is 0 Å². The van der Waals surface area contributed by atoms with Gasteiger partial charge in [0.1, 0.15) is 0 Å². The van der Waals surface area contributed by atoms with Gasteiger partial charge in [-0.05, 0) is 40.2 Å². The second kappa shape index (κ2) is 7.63. The summed E-state index contributed by atoms with van der Waals surface area (Å²) in [5, 5.41) is 6.64. The van der Waals surface area contributed by atoms with Crippen molar-refractivity contribution in [1.82, 2.24) is 9.66 Å². The molecule has 23 heavy (non-hydrogen) atoms. The number of thiazole rings is 1. The largest absolute Gasteiger partial charge is 0.255 e. The molecule has 0 bridgehead atoms. The van der Waals surface area contributed by atoms with Crippen molar-refractivity contribution in [2.45, 2.75) is 0 Å². The number of nitrogens with zero attached hydrogens (tertiary/aromatic N) is 4. The molecule has 0 amide bonds. The molecule has 0 aliphatic rings. The predicted molar refractivity (Wildman–Crippen MR) is 101 cm³/mol. The van der Waals surface area contributed by atoms with Crippen molar-refractivity contribution in [2.24, 2.45) is 10.1 Å². The highest BCUT2D eigenvalue weighted by Crippen LogP contribution is 2.31. The van der Waals surface area contributed by atoms with Crippen molar-refractivity contribution in [3.05, 3.63) is 68.8 Å². The lowest BCUT2D eigenvalue weighted by Crippen LogP contribution is -2.12. The van der Waals surface area contributed by atoms with Crippen LogP contribution in [-0.4, -0.2) is 22.4 Å². The summed E-state index contributed by atoms with van der Waals surface area (Å²) in [5.74, 6) is 0. The van der Waals surface area contributed by atoms with Crippen LogP contribution in [0.4, 0.5) is 0 Å².